The number of nitrogens with one attached hydrogen (secondary N) is 1. The third kappa shape index (κ3) is 6.70. The lowest BCUT2D eigenvalue weighted by Gasteiger charge is -2.39. The van der Waals surface area contributed by atoms with Gasteiger partial charge in [0.15, 0.2) is 15.5 Å². The summed E-state index contributed by atoms with van der Waals surface area (Å²) >= 11 is 6.37. The van der Waals surface area contributed by atoms with Crippen LogP contribution >= 0.6 is 11.6 Å². The second-order valence-corrected chi connectivity index (χ2v) is 13.3. The molecule has 12 heteroatoms. The Morgan fingerprint density at radius 2 is 1.89 bits per heavy atom. The number of benzene rings is 2. The summed E-state index contributed by atoms with van der Waals surface area (Å²) in [6.45, 7) is 2.84. The fourth-order valence-electron chi connectivity index (χ4n) is 4.27. The molecule has 0 radical (unpaired) electrons. The van der Waals surface area contributed by atoms with Gasteiger partial charge in [0.25, 0.3) is 5.91 Å². The Morgan fingerprint density at radius 1 is 1.22 bits per heavy atom. The molecule has 0 aliphatic carbocycles. The fraction of sp³-hybridized carbons (Fsp3) is 0.400. The lowest BCUT2D eigenvalue weighted by Crippen LogP contribution is -2.56. The molecule has 202 valence electrons. The van der Waals surface area contributed by atoms with Crippen molar-refractivity contribution in [2.24, 2.45) is 0 Å². The van der Waals surface area contributed by atoms with Gasteiger partial charge in [0.1, 0.15) is 5.75 Å². The minimum absolute atomic E-state index is 0.0106. The molecule has 1 heterocycles. The average Bonchev–Trinajstić information content (AvgIpc) is 2.82. The lowest BCUT2D eigenvalue weighted by atomic mass is 9.89. The topological polar surface area (TPSA) is 110 Å². The predicted molar refractivity (Wildman–Crippen MR) is 141 cm³/mol. The monoisotopic (exact) mass is 572 g/mol. The van der Waals surface area contributed by atoms with Crippen molar-refractivity contribution in [1.29, 1.82) is 0 Å². The highest BCUT2D eigenvalue weighted by atomic mass is 35.5. The van der Waals surface area contributed by atoms with E-state index in [0.29, 0.717) is 21.9 Å². The minimum atomic E-state index is -4.11. The molecule has 0 aromatic heterocycles. The normalized spacial score (nSPS) is 22.1. The van der Waals surface area contributed by atoms with Gasteiger partial charge in [-0.1, -0.05) is 35.9 Å². The molecule has 8 nitrogen and oxygen atoms in total. The van der Waals surface area contributed by atoms with E-state index < -0.39 is 43.5 Å². The van der Waals surface area contributed by atoms with Gasteiger partial charge in [-0.3, -0.25) is 4.79 Å². The maximum absolute atomic E-state index is 15.7. The molecule has 3 rings (SSSR count). The van der Waals surface area contributed by atoms with Crippen LogP contribution < -0.4 is 10.1 Å². The van der Waals surface area contributed by atoms with Gasteiger partial charge >= 0.3 is 0 Å². The number of halogens is 2. The van der Waals surface area contributed by atoms with E-state index in [1.54, 1.807) is 37.3 Å². The third-order valence-electron chi connectivity index (χ3n) is 6.16. The van der Waals surface area contributed by atoms with Gasteiger partial charge in [0.2, 0.25) is 10.0 Å². The number of sulfone groups is 1. The van der Waals surface area contributed by atoms with Crippen LogP contribution in [-0.2, 0) is 24.7 Å². The van der Waals surface area contributed by atoms with Crippen LogP contribution in [0.15, 0.2) is 58.8 Å². The number of carbonyl (C=O) groups excluding carboxylic acids is 1. The Hall–Kier alpha value is -2.47. The van der Waals surface area contributed by atoms with Crippen molar-refractivity contribution in [3.8, 4) is 16.9 Å². The summed E-state index contributed by atoms with van der Waals surface area (Å²) in [6, 6.07) is 9.80. The molecule has 0 spiro atoms. The number of methoxy groups -OCH3 is 1. The van der Waals surface area contributed by atoms with Gasteiger partial charge in [-0.05, 0) is 38.1 Å². The van der Waals surface area contributed by atoms with E-state index in [1.807, 2.05) is 0 Å². The molecular formula is C25H30ClFN2O6S2. The molecule has 37 heavy (non-hydrogen) atoms. The maximum Gasteiger partial charge on any atom is 0.258 e. The summed E-state index contributed by atoms with van der Waals surface area (Å²) in [7, 11) is -6.04. The second kappa shape index (κ2) is 11.1. The van der Waals surface area contributed by atoms with Gasteiger partial charge < -0.3 is 10.1 Å². The number of sulfonamides is 1. The third-order valence-corrected chi connectivity index (χ3v) is 9.21. The summed E-state index contributed by atoms with van der Waals surface area (Å²) in [4.78, 5) is 12.7. The molecule has 1 N–H and O–H groups in total. The quantitative estimate of drug-likeness (QED) is 0.513. The Balaban J connectivity index is 1.87. The van der Waals surface area contributed by atoms with Gasteiger partial charge in [-0.2, -0.15) is 4.31 Å². The summed E-state index contributed by atoms with van der Waals surface area (Å²) in [6.07, 6.45) is 1.53. The van der Waals surface area contributed by atoms with Crippen molar-refractivity contribution < 1.29 is 30.8 Å². The van der Waals surface area contributed by atoms with E-state index >= 15 is 4.39 Å². The number of hydrogen-bond acceptors (Lipinski definition) is 6. The van der Waals surface area contributed by atoms with Crippen molar-refractivity contribution >= 4 is 37.4 Å². The van der Waals surface area contributed by atoms with E-state index in [4.69, 9.17) is 16.3 Å². The van der Waals surface area contributed by atoms with E-state index in [9.17, 15) is 21.6 Å². The summed E-state index contributed by atoms with van der Waals surface area (Å²) in [5, 5.41) is 3.75. The molecular weight excluding hydrogens is 543 g/mol. The summed E-state index contributed by atoms with van der Waals surface area (Å²) < 4.78 is 72.4. The number of rotatable bonds is 8. The molecule has 1 fully saturated rings. The van der Waals surface area contributed by atoms with Crippen LogP contribution in [-0.4, -0.2) is 64.7 Å². The van der Waals surface area contributed by atoms with Crippen LogP contribution in [0.3, 0.4) is 0 Å². The number of alkyl halides is 1. The Morgan fingerprint density at radius 3 is 2.49 bits per heavy atom. The van der Waals surface area contributed by atoms with Gasteiger partial charge in [0, 0.05) is 59.3 Å². The smallest absolute Gasteiger partial charge is 0.258 e. The van der Waals surface area contributed by atoms with Gasteiger partial charge in [0.05, 0.1) is 12.0 Å². The first-order valence-electron chi connectivity index (χ1n) is 11.5. The first-order valence-corrected chi connectivity index (χ1v) is 15.3. The number of hydrogen-bond donors (Lipinski definition) is 1. The molecule has 0 bridgehead atoms. The molecule has 1 aliphatic rings. The minimum Gasteiger partial charge on any atom is -0.497 e. The Labute approximate surface area is 222 Å². The van der Waals surface area contributed by atoms with E-state index in [1.165, 1.54) is 36.5 Å². The molecule has 0 unspecified atom stereocenters. The zero-order valence-electron chi connectivity index (χ0n) is 20.9. The highest BCUT2D eigenvalue weighted by molar-refractivity contribution is 7.93. The number of nitrogens with zero attached hydrogens (tertiary/aromatic N) is 1. The zero-order chi connectivity index (χ0) is 27.6. The molecule has 2 aromatic carbocycles. The van der Waals surface area contributed by atoms with Crippen LogP contribution in [0.4, 0.5) is 4.39 Å². The highest BCUT2D eigenvalue weighted by Crippen LogP contribution is 2.39. The first-order chi connectivity index (χ1) is 17.2. The Bertz CT molecular complexity index is 1410. The molecule has 1 amide bonds. The van der Waals surface area contributed by atoms with Crippen LogP contribution in [0.5, 0.6) is 5.75 Å². The fourth-order valence-corrected chi connectivity index (χ4v) is 6.84. The molecule has 0 saturated carbocycles. The number of ether oxygens (including phenoxy) is 1. The van der Waals surface area contributed by atoms with E-state index in [0.717, 1.165) is 11.7 Å². The Kier molecular flexibility index (Phi) is 8.73. The largest absolute Gasteiger partial charge is 0.497 e. The van der Waals surface area contributed by atoms with Crippen molar-refractivity contribution in [2.45, 2.75) is 49.3 Å². The molecule has 2 aromatic rings. The van der Waals surface area contributed by atoms with Crippen LogP contribution in [0.25, 0.3) is 11.1 Å². The number of amides is 1. The van der Waals surface area contributed by atoms with Gasteiger partial charge in [-0.15, -0.1) is 0 Å². The highest BCUT2D eigenvalue weighted by Gasteiger charge is 2.48. The molecule has 1 aliphatic heterocycles. The number of piperidine rings is 1. The summed E-state index contributed by atoms with van der Waals surface area (Å²) in [5.41, 5.74) is -1.47. The predicted octanol–water partition coefficient (Wildman–Crippen LogP) is 3.96. The SMILES string of the molecule is COc1ccc(S(=O)(=O)N2CC[C@@](F)(C(=O)N[C@H](C)/C=C\S(C)(=O)=O)C[C@@H]2C)c(-c2ccccc2Cl)c1. The van der Waals surface area contributed by atoms with Crippen LogP contribution in [0, 0.1) is 0 Å². The van der Waals surface area contributed by atoms with Crippen LogP contribution in [0.1, 0.15) is 26.7 Å². The van der Waals surface area contributed by atoms with Gasteiger partial charge in [-0.25, -0.2) is 21.2 Å². The second-order valence-electron chi connectivity index (χ2n) is 9.15. The average molecular weight is 573 g/mol. The molecule has 1 saturated heterocycles. The lowest BCUT2D eigenvalue weighted by molar-refractivity contribution is -0.136. The standard InChI is InChI=1S/C25H30ClFN2O6S2/c1-17(11-14-36(4,31)32)28-24(30)25(27)12-13-29(18(2)16-25)37(33,34)23-10-9-19(35-3)15-21(23)20-7-5-6-8-22(20)26/h5-11,14-15,17-18H,12-13,16H2,1-4H3,(H,28,30)/b14-11-/t17-,18+,25+/m1/s1. The van der Waals surface area contributed by atoms with E-state index in [-0.39, 0.29) is 24.3 Å². The molecule has 3 atom stereocenters. The van der Waals surface area contributed by atoms with Crippen molar-refractivity contribution in [2.75, 3.05) is 19.9 Å². The van der Waals surface area contributed by atoms with Crippen molar-refractivity contribution in [3.63, 3.8) is 0 Å². The zero-order valence-corrected chi connectivity index (χ0v) is 23.3. The van der Waals surface area contributed by atoms with Crippen LogP contribution in [0.2, 0.25) is 5.02 Å². The summed E-state index contributed by atoms with van der Waals surface area (Å²) in [5.74, 6) is -0.470. The maximum atomic E-state index is 15.7. The first kappa shape index (κ1) is 29.1. The number of carbonyl (C=O) groups is 1. The van der Waals surface area contributed by atoms with E-state index in [2.05, 4.69) is 5.32 Å². The van der Waals surface area contributed by atoms with Crippen molar-refractivity contribution in [1.82, 2.24) is 9.62 Å². The van der Waals surface area contributed by atoms with Crippen molar-refractivity contribution in [3.05, 3.63) is 59.0 Å².